The minimum Gasteiger partial charge on any atom is -0.483 e. The Morgan fingerprint density at radius 1 is 1.26 bits per heavy atom. The molecular formula is C24H21BrClN3O4S. The number of amides is 1. The first-order valence-corrected chi connectivity index (χ1v) is 12.5. The lowest BCUT2D eigenvalue weighted by atomic mass is 9.94. The number of esters is 1. The first-order chi connectivity index (χ1) is 16.4. The molecule has 2 aromatic carbocycles. The van der Waals surface area contributed by atoms with Crippen molar-refractivity contribution in [1.82, 2.24) is 4.90 Å². The maximum Gasteiger partial charge on any atom is 0.338 e. The minimum atomic E-state index is -0.531. The summed E-state index contributed by atoms with van der Waals surface area (Å²) >= 11 is 11.1. The fourth-order valence-corrected chi connectivity index (χ4v) is 4.99. The van der Waals surface area contributed by atoms with Gasteiger partial charge in [-0.25, -0.2) is 9.79 Å². The van der Waals surface area contributed by atoms with Gasteiger partial charge < -0.3 is 19.7 Å². The summed E-state index contributed by atoms with van der Waals surface area (Å²) < 4.78 is 12.1. The van der Waals surface area contributed by atoms with E-state index in [2.05, 4.69) is 26.2 Å². The smallest absolute Gasteiger partial charge is 0.338 e. The van der Waals surface area contributed by atoms with Crippen molar-refractivity contribution in [1.29, 1.82) is 0 Å². The largest absolute Gasteiger partial charge is 0.483 e. The molecule has 4 rings (SSSR count). The second-order valence-electron chi connectivity index (χ2n) is 7.33. The van der Waals surface area contributed by atoms with E-state index in [1.54, 1.807) is 44.2 Å². The molecule has 176 valence electrons. The molecule has 1 amide bonds. The molecular weight excluding hydrogens is 542 g/mol. The molecule has 0 unspecified atom stereocenters. The molecule has 0 bridgehead atoms. The number of fused-ring (bicyclic) bond motifs is 1. The molecule has 7 nitrogen and oxygen atoms in total. The Bertz CT molecular complexity index is 1230. The lowest BCUT2D eigenvalue weighted by Gasteiger charge is -2.34. The van der Waals surface area contributed by atoms with E-state index in [1.165, 1.54) is 11.8 Å². The number of aliphatic imine (C=N–C) groups is 1. The second kappa shape index (κ2) is 10.7. The SMILES string of the molecule is CCOC(=O)C1=C(C)N=C2SC=CN2[C@@H]1c1cc(Br)ccc1OCC(=O)Nc1ccccc1Cl. The number of nitrogens with one attached hydrogen (secondary N) is 1. The fourth-order valence-electron chi connectivity index (χ4n) is 3.63. The number of hydrogen-bond donors (Lipinski definition) is 1. The molecule has 2 aliphatic heterocycles. The summed E-state index contributed by atoms with van der Waals surface area (Å²) in [6.07, 6.45) is 1.87. The topological polar surface area (TPSA) is 80.2 Å². The van der Waals surface area contributed by atoms with Crippen molar-refractivity contribution in [2.45, 2.75) is 19.9 Å². The molecule has 2 aliphatic rings. The average molecular weight is 563 g/mol. The lowest BCUT2D eigenvalue weighted by molar-refractivity contribution is -0.139. The number of thioether (sulfide) groups is 1. The van der Waals surface area contributed by atoms with Gasteiger partial charge in [-0.1, -0.05) is 51.4 Å². The zero-order chi connectivity index (χ0) is 24.2. The Morgan fingerprint density at radius 3 is 2.82 bits per heavy atom. The highest BCUT2D eigenvalue weighted by Crippen LogP contribution is 2.44. The number of benzene rings is 2. The van der Waals surface area contributed by atoms with Crippen molar-refractivity contribution in [2.24, 2.45) is 4.99 Å². The van der Waals surface area contributed by atoms with Gasteiger partial charge in [0, 0.05) is 16.2 Å². The molecule has 0 aliphatic carbocycles. The summed E-state index contributed by atoms with van der Waals surface area (Å²) in [5.41, 5.74) is 2.20. The van der Waals surface area contributed by atoms with Crippen molar-refractivity contribution in [2.75, 3.05) is 18.5 Å². The van der Waals surface area contributed by atoms with Crippen molar-refractivity contribution in [3.8, 4) is 5.75 Å². The van der Waals surface area contributed by atoms with E-state index in [0.29, 0.717) is 33.3 Å². The molecule has 10 heteroatoms. The summed E-state index contributed by atoms with van der Waals surface area (Å²) in [6, 6.07) is 11.9. The summed E-state index contributed by atoms with van der Waals surface area (Å²) in [5.74, 6) is -0.342. The van der Waals surface area contributed by atoms with Crippen LogP contribution in [0.15, 0.2) is 74.8 Å². The fraction of sp³-hybridized carbons (Fsp3) is 0.208. The van der Waals surface area contributed by atoms with Gasteiger partial charge in [-0.15, -0.1) is 0 Å². The third-order valence-electron chi connectivity index (χ3n) is 5.09. The van der Waals surface area contributed by atoms with Gasteiger partial charge in [0.1, 0.15) is 5.75 Å². The number of carbonyl (C=O) groups is 2. The van der Waals surface area contributed by atoms with Gasteiger partial charge in [0.2, 0.25) is 0 Å². The van der Waals surface area contributed by atoms with Crippen LogP contribution in [0.5, 0.6) is 5.75 Å². The number of amidine groups is 1. The molecule has 1 atom stereocenters. The van der Waals surface area contributed by atoms with Crippen LogP contribution in [-0.2, 0) is 14.3 Å². The predicted octanol–water partition coefficient (Wildman–Crippen LogP) is 5.89. The lowest BCUT2D eigenvalue weighted by Crippen LogP contribution is -2.34. The van der Waals surface area contributed by atoms with E-state index in [9.17, 15) is 9.59 Å². The van der Waals surface area contributed by atoms with Crippen molar-refractivity contribution < 1.29 is 19.1 Å². The number of hydrogen-bond acceptors (Lipinski definition) is 7. The summed E-state index contributed by atoms with van der Waals surface area (Å²) in [4.78, 5) is 32.0. The van der Waals surface area contributed by atoms with Crippen LogP contribution in [-0.4, -0.2) is 35.2 Å². The van der Waals surface area contributed by atoms with Crippen LogP contribution in [0, 0.1) is 0 Å². The van der Waals surface area contributed by atoms with Crippen molar-refractivity contribution in [3.63, 3.8) is 0 Å². The number of ether oxygens (including phenoxy) is 2. The first kappa shape index (κ1) is 24.4. The quantitative estimate of drug-likeness (QED) is 0.424. The van der Waals surface area contributed by atoms with Crippen LogP contribution < -0.4 is 10.1 Å². The molecule has 0 saturated carbocycles. The highest BCUT2D eigenvalue weighted by atomic mass is 79.9. The zero-order valence-electron chi connectivity index (χ0n) is 18.4. The maximum absolute atomic E-state index is 12.9. The standard InChI is InChI=1S/C24H21BrClN3O4S/c1-3-32-23(31)21-14(2)27-24-29(10-11-34-24)22(21)16-12-15(25)8-9-19(16)33-13-20(30)28-18-7-5-4-6-17(18)26/h4-12,22H,3,13H2,1-2H3,(H,28,30)/t22-/m1/s1. The average Bonchev–Trinajstić information content (AvgIpc) is 3.27. The number of carbonyl (C=O) groups excluding carboxylic acids is 2. The number of halogens is 2. The van der Waals surface area contributed by atoms with Crippen LogP contribution in [0.3, 0.4) is 0 Å². The Labute approximate surface area is 215 Å². The summed E-state index contributed by atoms with van der Waals surface area (Å²) in [6.45, 7) is 3.55. The van der Waals surface area contributed by atoms with Gasteiger partial charge in [0.05, 0.1) is 34.6 Å². The predicted molar refractivity (Wildman–Crippen MR) is 138 cm³/mol. The van der Waals surface area contributed by atoms with Crippen LogP contribution >= 0.6 is 39.3 Å². The van der Waals surface area contributed by atoms with Gasteiger partial charge in [-0.2, -0.15) is 0 Å². The monoisotopic (exact) mass is 561 g/mol. The molecule has 34 heavy (non-hydrogen) atoms. The molecule has 0 radical (unpaired) electrons. The molecule has 2 heterocycles. The number of anilines is 1. The molecule has 1 N–H and O–H groups in total. The van der Waals surface area contributed by atoms with Gasteiger partial charge >= 0.3 is 5.97 Å². The van der Waals surface area contributed by atoms with Gasteiger partial charge in [0.15, 0.2) is 11.8 Å². The van der Waals surface area contributed by atoms with Crippen LogP contribution in [0.2, 0.25) is 5.02 Å². The number of rotatable bonds is 7. The van der Waals surface area contributed by atoms with E-state index >= 15 is 0 Å². The second-order valence-corrected chi connectivity index (χ2v) is 9.52. The molecule has 0 spiro atoms. The van der Waals surface area contributed by atoms with E-state index in [1.807, 2.05) is 28.6 Å². The maximum atomic E-state index is 12.9. The van der Waals surface area contributed by atoms with Gasteiger partial charge in [-0.05, 0) is 49.6 Å². The van der Waals surface area contributed by atoms with Crippen LogP contribution in [0.4, 0.5) is 5.69 Å². The summed E-state index contributed by atoms with van der Waals surface area (Å²) in [5, 5.41) is 5.84. The normalized spacial score (nSPS) is 16.8. The van der Waals surface area contributed by atoms with Crippen LogP contribution in [0.1, 0.15) is 25.5 Å². The van der Waals surface area contributed by atoms with E-state index in [-0.39, 0.29) is 19.1 Å². The van der Waals surface area contributed by atoms with Gasteiger partial charge in [-0.3, -0.25) is 4.79 Å². The van der Waals surface area contributed by atoms with Crippen molar-refractivity contribution >= 4 is 62.0 Å². The minimum absolute atomic E-state index is 0.241. The van der Waals surface area contributed by atoms with E-state index in [0.717, 1.165) is 9.64 Å². The Morgan fingerprint density at radius 2 is 2.06 bits per heavy atom. The van der Waals surface area contributed by atoms with Gasteiger partial charge in [0.25, 0.3) is 5.91 Å². The number of nitrogens with zero attached hydrogens (tertiary/aromatic N) is 2. The van der Waals surface area contributed by atoms with E-state index < -0.39 is 12.0 Å². The molecule has 0 fully saturated rings. The zero-order valence-corrected chi connectivity index (χ0v) is 21.5. The molecule has 0 saturated heterocycles. The molecule has 0 aromatic heterocycles. The highest BCUT2D eigenvalue weighted by molar-refractivity contribution is 9.10. The Kier molecular flexibility index (Phi) is 7.65. The summed E-state index contributed by atoms with van der Waals surface area (Å²) in [7, 11) is 0. The third-order valence-corrected chi connectivity index (χ3v) is 6.68. The first-order valence-electron chi connectivity index (χ1n) is 10.4. The van der Waals surface area contributed by atoms with E-state index in [4.69, 9.17) is 21.1 Å². The Hall–Kier alpha value is -2.75. The van der Waals surface area contributed by atoms with Crippen LogP contribution in [0.25, 0.3) is 0 Å². The molecule has 2 aromatic rings. The number of allylic oxidation sites excluding steroid dienone is 1. The Balaban J connectivity index is 1.64. The van der Waals surface area contributed by atoms with Crippen molar-refractivity contribution in [3.05, 3.63) is 80.4 Å². The highest BCUT2D eigenvalue weighted by Gasteiger charge is 2.39. The number of para-hydroxylation sites is 1. The third kappa shape index (κ3) is 5.16.